The highest BCUT2D eigenvalue weighted by atomic mass is 16.5. The zero-order valence-electron chi connectivity index (χ0n) is 18.0. The number of rotatable bonds is 5. The fourth-order valence-electron chi connectivity index (χ4n) is 4.47. The minimum Gasteiger partial charge on any atom is -0.497 e. The maximum atomic E-state index is 13.3. The number of ether oxygens (including phenoxy) is 1. The number of likely N-dealkylation sites (tertiary alicyclic amines) is 1. The van der Waals surface area contributed by atoms with E-state index in [1.165, 1.54) is 18.3 Å². The van der Waals surface area contributed by atoms with Crippen molar-refractivity contribution in [1.29, 1.82) is 0 Å². The molecule has 0 saturated carbocycles. The molecule has 1 fully saturated rings. The van der Waals surface area contributed by atoms with Crippen molar-refractivity contribution in [2.75, 3.05) is 13.7 Å². The number of carbonyl (C=O) groups excluding carboxylic acids is 1. The van der Waals surface area contributed by atoms with Crippen LogP contribution in [-0.4, -0.2) is 44.0 Å². The van der Waals surface area contributed by atoms with E-state index in [0.29, 0.717) is 18.6 Å². The van der Waals surface area contributed by atoms with Crippen LogP contribution in [0.5, 0.6) is 5.75 Å². The molecule has 7 heteroatoms. The Hall–Kier alpha value is -2.96. The van der Waals surface area contributed by atoms with Gasteiger partial charge in [-0.25, -0.2) is 9.50 Å². The molecule has 1 aliphatic rings. The van der Waals surface area contributed by atoms with Gasteiger partial charge in [0.2, 0.25) is 5.91 Å². The number of carbonyl (C=O) groups is 1. The van der Waals surface area contributed by atoms with Gasteiger partial charge in [0.15, 0.2) is 0 Å². The molecule has 1 aromatic carbocycles. The van der Waals surface area contributed by atoms with Crippen molar-refractivity contribution in [3.05, 3.63) is 53.1 Å². The van der Waals surface area contributed by atoms with Crippen molar-refractivity contribution in [2.45, 2.75) is 58.4 Å². The first-order valence-electron chi connectivity index (χ1n) is 10.7. The first-order chi connectivity index (χ1) is 14.6. The van der Waals surface area contributed by atoms with Gasteiger partial charge in [-0.1, -0.05) is 25.0 Å². The second-order valence-electron chi connectivity index (χ2n) is 7.96. The van der Waals surface area contributed by atoms with Crippen molar-refractivity contribution in [3.8, 4) is 5.75 Å². The Bertz CT molecular complexity index is 1030. The van der Waals surface area contributed by atoms with Gasteiger partial charge in [0.25, 0.3) is 5.78 Å². The molecule has 3 heterocycles. The summed E-state index contributed by atoms with van der Waals surface area (Å²) in [6.07, 6.45) is 7.01. The maximum Gasteiger partial charge on any atom is 0.252 e. The van der Waals surface area contributed by atoms with Gasteiger partial charge >= 0.3 is 0 Å². The number of nitrogens with zero attached hydrogens (tertiary/aromatic N) is 5. The third-order valence-electron chi connectivity index (χ3n) is 6.15. The summed E-state index contributed by atoms with van der Waals surface area (Å²) in [5, 5.41) is 4.25. The van der Waals surface area contributed by atoms with E-state index in [1.54, 1.807) is 11.6 Å². The predicted molar refractivity (Wildman–Crippen MR) is 114 cm³/mol. The van der Waals surface area contributed by atoms with Crippen molar-refractivity contribution in [3.63, 3.8) is 0 Å². The summed E-state index contributed by atoms with van der Waals surface area (Å²) >= 11 is 0. The normalized spacial score (nSPS) is 17.2. The fraction of sp³-hybridized carbons (Fsp3) is 0.478. The van der Waals surface area contributed by atoms with Gasteiger partial charge in [-0.05, 0) is 56.4 Å². The van der Waals surface area contributed by atoms with E-state index in [2.05, 4.69) is 32.1 Å². The van der Waals surface area contributed by atoms with Crippen LogP contribution in [0.25, 0.3) is 5.78 Å². The summed E-state index contributed by atoms with van der Waals surface area (Å²) in [6, 6.07) is 8.27. The molecule has 0 N–H and O–H groups in total. The standard InChI is InChI=1S/C23H29N5O2/c1-16-20(17(2)28-23(26-16)24-15-25-28)12-13-22(29)27-14-6-4-5-7-21(27)18-8-10-19(30-3)11-9-18/h8-11,15,21H,4-7,12-14H2,1-3H3. The minimum atomic E-state index is 0.129. The highest BCUT2D eigenvalue weighted by Gasteiger charge is 2.27. The quantitative estimate of drug-likeness (QED) is 0.643. The van der Waals surface area contributed by atoms with Crippen LogP contribution in [0.1, 0.15) is 60.7 Å². The Balaban J connectivity index is 1.53. The monoisotopic (exact) mass is 407 g/mol. The molecule has 1 atom stereocenters. The molecule has 30 heavy (non-hydrogen) atoms. The molecule has 7 nitrogen and oxygen atoms in total. The summed E-state index contributed by atoms with van der Waals surface area (Å²) < 4.78 is 7.04. The number of aryl methyl sites for hydroxylation is 2. The van der Waals surface area contributed by atoms with Crippen LogP contribution in [0.2, 0.25) is 0 Å². The third kappa shape index (κ3) is 4.01. The van der Waals surface area contributed by atoms with Gasteiger partial charge < -0.3 is 9.64 Å². The van der Waals surface area contributed by atoms with Crippen LogP contribution in [0.4, 0.5) is 0 Å². The molecular formula is C23H29N5O2. The van der Waals surface area contributed by atoms with Crippen LogP contribution in [0, 0.1) is 13.8 Å². The van der Waals surface area contributed by atoms with E-state index in [9.17, 15) is 4.79 Å². The van der Waals surface area contributed by atoms with E-state index in [1.807, 2.05) is 26.0 Å². The van der Waals surface area contributed by atoms with E-state index in [4.69, 9.17) is 4.74 Å². The number of fused-ring (bicyclic) bond motifs is 1. The van der Waals surface area contributed by atoms with Crippen molar-refractivity contribution < 1.29 is 9.53 Å². The zero-order chi connectivity index (χ0) is 21.1. The molecule has 1 aliphatic heterocycles. The number of hydrogen-bond acceptors (Lipinski definition) is 5. The molecule has 3 aromatic rings. The van der Waals surface area contributed by atoms with E-state index in [0.717, 1.165) is 48.5 Å². The molecule has 2 aromatic heterocycles. The molecule has 0 bridgehead atoms. The van der Waals surface area contributed by atoms with Gasteiger partial charge in [0, 0.05) is 24.4 Å². The lowest BCUT2D eigenvalue weighted by Gasteiger charge is -2.31. The topological polar surface area (TPSA) is 72.6 Å². The lowest BCUT2D eigenvalue weighted by molar-refractivity contribution is -0.133. The van der Waals surface area contributed by atoms with Gasteiger partial charge in [0.1, 0.15) is 12.1 Å². The highest BCUT2D eigenvalue weighted by molar-refractivity contribution is 5.77. The van der Waals surface area contributed by atoms with E-state index >= 15 is 0 Å². The first kappa shape index (κ1) is 20.3. The third-order valence-corrected chi connectivity index (χ3v) is 6.15. The van der Waals surface area contributed by atoms with Gasteiger partial charge in [-0.2, -0.15) is 10.1 Å². The molecule has 158 valence electrons. The molecule has 0 aliphatic carbocycles. The van der Waals surface area contributed by atoms with Crippen molar-refractivity contribution in [1.82, 2.24) is 24.5 Å². The summed E-state index contributed by atoms with van der Waals surface area (Å²) in [7, 11) is 1.67. The molecule has 1 amide bonds. The van der Waals surface area contributed by atoms with Crippen LogP contribution in [0.15, 0.2) is 30.6 Å². The van der Waals surface area contributed by atoms with Gasteiger partial charge in [-0.15, -0.1) is 0 Å². The Labute approximate surface area is 177 Å². The number of aromatic nitrogens is 4. The van der Waals surface area contributed by atoms with Crippen molar-refractivity contribution >= 4 is 11.7 Å². The van der Waals surface area contributed by atoms with Gasteiger partial charge in [0.05, 0.1) is 13.2 Å². The number of hydrogen-bond donors (Lipinski definition) is 0. The Morgan fingerprint density at radius 3 is 2.73 bits per heavy atom. The van der Waals surface area contributed by atoms with E-state index < -0.39 is 0 Å². The average Bonchev–Trinajstić information content (AvgIpc) is 3.08. The van der Waals surface area contributed by atoms with Crippen molar-refractivity contribution in [2.24, 2.45) is 0 Å². The minimum absolute atomic E-state index is 0.129. The van der Waals surface area contributed by atoms with E-state index in [-0.39, 0.29) is 11.9 Å². The smallest absolute Gasteiger partial charge is 0.252 e. The molecule has 0 spiro atoms. The summed E-state index contributed by atoms with van der Waals surface area (Å²) in [5.74, 6) is 1.65. The summed E-state index contributed by atoms with van der Waals surface area (Å²) in [6.45, 7) is 4.81. The SMILES string of the molecule is COc1ccc(C2CCCCCN2C(=O)CCc2c(C)nc3ncnn3c2C)cc1. The molecule has 0 radical (unpaired) electrons. The average molecular weight is 408 g/mol. The number of amides is 1. The Morgan fingerprint density at radius 1 is 1.17 bits per heavy atom. The maximum absolute atomic E-state index is 13.3. The largest absolute Gasteiger partial charge is 0.497 e. The Morgan fingerprint density at radius 2 is 1.97 bits per heavy atom. The van der Waals surface area contributed by atoms with Crippen LogP contribution in [-0.2, 0) is 11.2 Å². The first-order valence-corrected chi connectivity index (χ1v) is 10.7. The predicted octanol–water partition coefficient (Wildman–Crippen LogP) is 3.83. The second kappa shape index (κ2) is 8.81. The molecule has 1 saturated heterocycles. The Kier molecular flexibility index (Phi) is 5.97. The lowest BCUT2D eigenvalue weighted by atomic mass is 9.99. The second-order valence-corrected chi connectivity index (χ2v) is 7.96. The molecule has 1 unspecified atom stereocenters. The highest BCUT2D eigenvalue weighted by Crippen LogP contribution is 2.32. The van der Waals surface area contributed by atoms with Gasteiger partial charge in [-0.3, -0.25) is 4.79 Å². The zero-order valence-corrected chi connectivity index (χ0v) is 18.0. The number of benzene rings is 1. The molecule has 4 rings (SSSR count). The van der Waals surface area contributed by atoms with Crippen LogP contribution < -0.4 is 4.74 Å². The van der Waals surface area contributed by atoms with Crippen LogP contribution >= 0.6 is 0 Å². The fourth-order valence-corrected chi connectivity index (χ4v) is 4.47. The number of methoxy groups -OCH3 is 1. The summed E-state index contributed by atoms with van der Waals surface area (Å²) in [5.41, 5.74) is 4.19. The van der Waals surface area contributed by atoms with Crippen LogP contribution in [0.3, 0.4) is 0 Å². The molecular weight excluding hydrogens is 378 g/mol. The summed E-state index contributed by atoms with van der Waals surface area (Å²) in [4.78, 5) is 24.1. The lowest BCUT2D eigenvalue weighted by Crippen LogP contribution is -2.35.